The van der Waals surface area contributed by atoms with Gasteiger partial charge in [0.15, 0.2) is 10.9 Å². The van der Waals surface area contributed by atoms with Gasteiger partial charge in [-0.2, -0.15) is 0 Å². The number of hydrogen-bond acceptors (Lipinski definition) is 5. The molecule has 1 aromatic heterocycles. The SMILES string of the molecule is O=C(CCC(=O)N1CCc2nc(NC(=O)C3CC3)sc2C1)c1ccc(Cl)cc1. The Hall–Kier alpha value is -2.25. The molecule has 28 heavy (non-hydrogen) atoms. The molecule has 1 fully saturated rings. The molecule has 2 heterocycles. The Morgan fingerprint density at radius 3 is 2.64 bits per heavy atom. The van der Waals surface area contributed by atoms with Crippen LogP contribution in [-0.4, -0.2) is 34.0 Å². The van der Waals surface area contributed by atoms with E-state index in [-0.39, 0.29) is 36.4 Å². The third-order valence-electron chi connectivity index (χ3n) is 4.99. The number of thiazole rings is 1. The van der Waals surface area contributed by atoms with E-state index >= 15 is 0 Å². The number of rotatable bonds is 6. The predicted molar refractivity (Wildman–Crippen MR) is 108 cm³/mol. The zero-order valence-corrected chi connectivity index (χ0v) is 16.8. The summed E-state index contributed by atoms with van der Waals surface area (Å²) in [6.45, 7) is 1.07. The van der Waals surface area contributed by atoms with Crippen LogP contribution in [-0.2, 0) is 22.6 Å². The zero-order chi connectivity index (χ0) is 19.7. The van der Waals surface area contributed by atoms with E-state index in [0.717, 1.165) is 23.4 Å². The van der Waals surface area contributed by atoms with Crippen molar-refractivity contribution < 1.29 is 14.4 Å². The van der Waals surface area contributed by atoms with Crippen LogP contribution in [0.25, 0.3) is 0 Å². The first kappa shape index (κ1) is 19.1. The third-order valence-corrected chi connectivity index (χ3v) is 6.24. The van der Waals surface area contributed by atoms with E-state index in [2.05, 4.69) is 10.3 Å². The van der Waals surface area contributed by atoms with Gasteiger partial charge in [-0.05, 0) is 37.1 Å². The monoisotopic (exact) mass is 417 g/mol. The van der Waals surface area contributed by atoms with Gasteiger partial charge in [0.25, 0.3) is 0 Å². The number of Topliss-reactive ketones (excluding diaryl/α,β-unsaturated/α-hetero) is 1. The minimum Gasteiger partial charge on any atom is -0.337 e. The highest BCUT2D eigenvalue weighted by atomic mass is 35.5. The lowest BCUT2D eigenvalue weighted by Gasteiger charge is -2.26. The van der Waals surface area contributed by atoms with Crippen LogP contribution in [0.5, 0.6) is 0 Å². The molecule has 0 unspecified atom stereocenters. The van der Waals surface area contributed by atoms with Crippen molar-refractivity contribution in [3.05, 3.63) is 45.4 Å². The van der Waals surface area contributed by atoms with Gasteiger partial charge in [-0.1, -0.05) is 22.9 Å². The number of anilines is 1. The number of carbonyl (C=O) groups is 3. The van der Waals surface area contributed by atoms with Gasteiger partial charge in [-0.25, -0.2) is 4.98 Å². The maximum atomic E-state index is 12.5. The Labute approximate surface area is 171 Å². The number of amides is 2. The molecule has 0 bridgehead atoms. The molecule has 4 rings (SSSR count). The van der Waals surface area contributed by atoms with Crippen molar-refractivity contribution in [3.8, 4) is 0 Å². The normalized spacial score (nSPS) is 15.8. The van der Waals surface area contributed by atoms with Crippen molar-refractivity contribution in [3.63, 3.8) is 0 Å². The number of halogens is 1. The fourth-order valence-electron chi connectivity index (χ4n) is 3.17. The summed E-state index contributed by atoms with van der Waals surface area (Å²) in [5.74, 6) is 0.0763. The summed E-state index contributed by atoms with van der Waals surface area (Å²) in [6, 6.07) is 6.70. The molecule has 0 saturated heterocycles. The molecule has 0 atom stereocenters. The fourth-order valence-corrected chi connectivity index (χ4v) is 4.33. The topological polar surface area (TPSA) is 79.4 Å². The zero-order valence-electron chi connectivity index (χ0n) is 15.2. The van der Waals surface area contributed by atoms with Gasteiger partial charge in [0.2, 0.25) is 11.8 Å². The van der Waals surface area contributed by atoms with Crippen molar-refractivity contribution in [2.75, 3.05) is 11.9 Å². The summed E-state index contributed by atoms with van der Waals surface area (Å²) in [4.78, 5) is 44.0. The van der Waals surface area contributed by atoms with E-state index in [1.807, 2.05) is 0 Å². The molecule has 0 spiro atoms. The molecule has 1 aliphatic heterocycles. The Balaban J connectivity index is 1.31. The van der Waals surface area contributed by atoms with Gasteiger partial charge in [-0.15, -0.1) is 0 Å². The van der Waals surface area contributed by atoms with Crippen LogP contribution < -0.4 is 5.32 Å². The Kier molecular flexibility index (Phi) is 5.46. The second-order valence-electron chi connectivity index (χ2n) is 7.15. The number of aromatic nitrogens is 1. The first-order chi connectivity index (χ1) is 13.5. The van der Waals surface area contributed by atoms with E-state index in [1.54, 1.807) is 29.2 Å². The highest BCUT2D eigenvalue weighted by Crippen LogP contribution is 2.33. The van der Waals surface area contributed by atoms with Gasteiger partial charge < -0.3 is 10.2 Å². The molecule has 8 heteroatoms. The smallest absolute Gasteiger partial charge is 0.229 e. The molecule has 1 N–H and O–H groups in total. The molecule has 6 nitrogen and oxygen atoms in total. The number of fused-ring (bicyclic) bond motifs is 1. The van der Waals surface area contributed by atoms with Gasteiger partial charge in [0.05, 0.1) is 12.2 Å². The second kappa shape index (κ2) is 8.01. The minimum absolute atomic E-state index is 0.0371. The van der Waals surface area contributed by atoms with Crippen LogP contribution in [0, 0.1) is 5.92 Å². The molecule has 2 aliphatic rings. The third kappa shape index (κ3) is 4.42. The minimum atomic E-state index is -0.0643. The highest BCUT2D eigenvalue weighted by Gasteiger charge is 2.31. The largest absolute Gasteiger partial charge is 0.337 e. The van der Waals surface area contributed by atoms with Crippen molar-refractivity contribution in [2.24, 2.45) is 5.92 Å². The summed E-state index contributed by atoms with van der Waals surface area (Å²) in [5.41, 5.74) is 1.52. The van der Waals surface area contributed by atoms with E-state index < -0.39 is 0 Å². The van der Waals surface area contributed by atoms with Gasteiger partial charge >= 0.3 is 0 Å². The molecule has 146 valence electrons. The number of nitrogens with one attached hydrogen (secondary N) is 1. The molecule has 1 aromatic carbocycles. The van der Waals surface area contributed by atoms with Crippen LogP contribution in [0.1, 0.15) is 46.6 Å². The number of ketones is 1. The average molecular weight is 418 g/mol. The maximum absolute atomic E-state index is 12.5. The molecule has 1 saturated carbocycles. The molecular formula is C20H20ClN3O3S. The Morgan fingerprint density at radius 2 is 1.93 bits per heavy atom. The van der Waals surface area contributed by atoms with E-state index in [4.69, 9.17) is 11.6 Å². The van der Waals surface area contributed by atoms with E-state index in [9.17, 15) is 14.4 Å². The number of benzene rings is 1. The quantitative estimate of drug-likeness (QED) is 0.727. The molecule has 2 aromatic rings. The summed E-state index contributed by atoms with van der Waals surface area (Å²) >= 11 is 7.27. The van der Waals surface area contributed by atoms with Gasteiger partial charge in [0, 0.05) is 47.2 Å². The van der Waals surface area contributed by atoms with Crippen LogP contribution in [0.15, 0.2) is 24.3 Å². The molecular weight excluding hydrogens is 398 g/mol. The van der Waals surface area contributed by atoms with Crippen molar-refractivity contribution in [1.82, 2.24) is 9.88 Å². The van der Waals surface area contributed by atoms with Gasteiger partial charge in [0.1, 0.15) is 0 Å². The first-order valence-electron chi connectivity index (χ1n) is 9.35. The lowest BCUT2D eigenvalue weighted by Crippen LogP contribution is -2.35. The van der Waals surface area contributed by atoms with Gasteiger partial charge in [-0.3, -0.25) is 14.4 Å². The lowest BCUT2D eigenvalue weighted by atomic mass is 10.1. The van der Waals surface area contributed by atoms with Crippen molar-refractivity contribution in [1.29, 1.82) is 0 Å². The van der Waals surface area contributed by atoms with Crippen LogP contribution >= 0.6 is 22.9 Å². The number of nitrogens with zero attached hydrogens (tertiary/aromatic N) is 2. The summed E-state index contributed by atoms with van der Waals surface area (Å²) in [6.07, 6.45) is 2.93. The molecule has 1 aliphatic carbocycles. The highest BCUT2D eigenvalue weighted by molar-refractivity contribution is 7.15. The standard InChI is InChI=1S/C20H20ClN3O3S/c21-14-5-3-12(4-6-14)16(25)7-8-18(26)24-10-9-15-17(11-24)28-20(22-15)23-19(27)13-1-2-13/h3-6,13H,1-2,7-11H2,(H,22,23,27). The number of carbonyl (C=O) groups excluding carboxylic acids is 3. The number of hydrogen-bond donors (Lipinski definition) is 1. The summed E-state index contributed by atoms with van der Waals surface area (Å²) in [5, 5.41) is 4.08. The molecule has 0 radical (unpaired) electrons. The van der Waals surface area contributed by atoms with E-state index in [0.29, 0.717) is 35.2 Å². The fraction of sp³-hybridized carbons (Fsp3) is 0.400. The summed E-state index contributed by atoms with van der Waals surface area (Å²) in [7, 11) is 0. The summed E-state index contributed by atoms with van der Waals surface area (Å²) < 4.78 is 0. The van der Waals surface area contributed by atoms with Crippen molar-refractivity contribution in [2.45, 2.75) is 38.6 Å². The predicted octanol–water partition coefficient (Wildman–Crippen LogP) is 3.69. The van der Waals surface area contributed by atoms with E-state index in [1.165, 1.54) is 11.3 Å². The average Bonchev–Trinajstić information content (AvgIpc) is 3.46. The van der Waals surface area contributed by atoms with Crippen LogP contribution in [0.4, 0.5) is 5.13 Å². The second-order valence-corrected chi connectivity index (χ2v) is 8.67. The lowest BCUT2D eigenvalue weighted by molar-refractivity contribution is -0.132. The van der Waals surface area contributed by atoms with Crippen molar-refractivity contribution >= 4 is 45.7 Å². The Bertz CT molecular complexity index is 921. The first-order valence-corrected chi connectivity index (χ1v) is 10.5. The van der Waals surface area contributed by atoms with Crippen LogP contribution in [0.2, 0.25) is 5.02 Å². The molecule has 2 amide bonds. The maximum Gasteiger partial charge on any atom is 0.229 e. The Morgan fingerprint density at radius 1 is 1.18 bits per heavy atom. The van der Waals surface area contributed by atoms with Crippen LogP contribution in [0.3, 0.4) is 0 Å².